The van der Waals surface area contributed by atoms with Crippen LogP contribution in [0.1, 0.15) is 6.92 Å². The summed E-state index contributed by atoms with van der Waals surface area (Å²) in [7, 11) is 0. The van der Waals surface area contributed by atoms with Gasteiger partial charge in [-0.15, -0.1) is 0 Å². The molecule has 2 rings (SSSR count). The average Bonchev–Trinajstić information content (AvgIpc) is 2.39. The molecule has 0 N–H and O–H groups in total. The van der Waals surface area contributed by atoms with E-state index in [-0.39, 0.29) is 6.09 Å². The Bertz CT molecular complexity index is 420. The monoisotopic (exact) mass is 269 g/mol. The third kappa shape index (κ3) is 3.04. The summed E-state index contributed by atoms with van der Waals surface area (Å²) in [6.45, 7) is 5.00. The van der Waals surface area contributed by atoms with E-state index >= 15 is 0 Å². The van der Waals surface area contributed by atoms with Gasteiger partial charge in [-0.25, -0.2) is 9.78 Å². The molecule has 6 heteroatoms. The van der Waals surface area contributed by atoms with Crippen molar-refractivity contribution in [2.45, 2.75) is 6.92 Å². The smallest absolute Gasteiger partial charge is 0.409 e. The predicted octanol–water partition coefficient (Wildman–Crippen LogP) is 2.01. The Morgan fingerprint density at radius 1 is 1.39 bits per heavy atom. The van der Waals surface area contributed by atoms with E-state index in [1.165, 1.54) is 0 Å². The molecule has 18 heavy (non-hydrogen) atoms. The highest BCUT2D eigenvalue weighted by atomic mass is 35.5. The second-order valence-electron chi connectivity index (χ2n) is 3.99. The van der Waals surface area contributed by atoms with Crippen molar-refractivity contribution in [3.8, 4) is 0 Å². The third-order valence-corrected chi connectivity index (χ3v) is 3.04. The number of hydrogen-bond acceptors (Lipinski definition) is 4. The molecule has 0 atom stereocenters. The van der Waals surface area contributed by atoms with Crippen molar-refractivity contribution in [2.75, 3.05) is 37.7 Å². The van der Waals surface area contributed by atoms with Crippen LogP contribution in [0.5, 0.6) is 0 Å². The lowest BCUT2D eigenvalue weighted by atomic mass is 10.3. The van der Waals surface area contributed by atoms with E-state index in [0.717, 1.165) is 18.9 Å². The summed E-state index contributed by atoms with van der Waals surface area (Å²) in [6, 6.07) is 5.55. The Kier molecular flexibility index (Phi) is 4.25. The van der Waals surface area contributed by atoms with Crippen molar-refractivity contribution in [1.29, 1.82) is 0 Å². The second-order valence-corrected chi connectivity index (χ2v) is 4.38. The van der Waals surface area contributed by atoms with E-state index in [4.69, 9.17) is 16.3 Å². The van der Waals surface area contributed by atoms with Crippen LogP contribution in [-0.2, 0) is 4.74 Å². The number of anilines is 1. The zero-order valence-corrected chi connectivity index (χ0v) is 11.1. The molecule has 1 aliphatic heterocycles. The minimum absolute atomic E-state index is 0.240. The van der Waals surface area contributed by atoms with E-state index in [0.29, 0.717) is 24.8 Å². The second kappa shape index (κ2) is 5.91. The maximum Gasteiger partial charge on any atom is 0.409 e. The first-order chi connectivity index (χ1) is 8.70. The van der Waals surface area contributed by atoms with E-state index < -0.39 is 0 Å². The SMILES string of the molecule is CCOC(=O)N1CCN(c2cccc(Cl)n2)CC1. The van der Waals surface area contributed by atoms with Gasteiger partial charge in [-0.1, -0.05) is 17.7 Å². The molecular weight excluding hydrogens is 254 g/mol. The minimum Gasteiger partial charge on any atom is -0.450 e. The summed E-state index contributed by atoms with van der Waals surface area (Å²) in [6.07, 6.45) is -0.240. The van der Waals surface area contributed by atoms with Gasteiger partial charge in [0.2, 0.25) is 0 Å². The van der Waals surface area contributed by atoms with Gasteiger partial charge < -0.3 is 14.5 Å². The van der Waals surface area contributed by atoms with Gasteiger partial charge in [-0.3, -0.25) is 0 Å². The lowest BCUT2D eigenvalue weighted by Gasteiger charge is -2.34. The molecule has 1 aromatic rings. The number of ether oxygens (including phenoxy) is 1. The summed E-state index contributed by atoms with van der Waals surface area (Å²) in [4.78, 5) is 19.6. The quantitative estimate of drug-likeness (QED) is 0.771. The van der Waals surface area contributed by atoms with Crippen molar-refractivity contribution in [3.63, 3.8) is 0 Å². The molecule has 1 saturated heterocycles. The topological polar surface area (TPSA) is 45.7 Å². The fourth-order valence-corrected chi connectivity index (χ4v) is 2.07. The largest absolute Gasteiger partial charge is 0.450 e. The van der Waals surface area contributed by atoms with Gasteiger partial charge in [0.15, 0.2) is 0 Å². The van der Waals surface area contributed by atoms with Crippen molar-refractivity contribution >= 4 is 23.5 Å². The van der Waals surface area contributed by atoms with Gasteiger partial charge in [-0.2, -0.15) is 0 Å². The van der Waals surface area contributed by atoms with Crippen molar-refractivity contribution in [1.82, 2.24) is 9.88 Å². The molecule has 0 aliphatic carbocycles. The number of hydrogen-bond donors (Lipinski definition) is 0. The van der Waals surface area contributed by atoms with Gasteiger partial charge in [0.25, 0.3) is 0 Å². The van der Waals surface area contributed by atoms with Gasteiger partial charge in [0.05, 0.1) is 6.61 Å². The Balaban J connectivity index is 1.92. The Morgan fingerprint density at radius 3 is 2.72 bits per heavy atom. The van der Waals surface area contributed by atoms with Crippen LogP contribution in [0.25, 0.3) is 0 Å². The van der Waals surface area contributed by atoms with Crippen molar-refractivity contribution in [3.05, 3.63) is 23.4 Å². The number of carbonyl (C=O) groups is 1. The number of piperazine rings is 1. The Hall–Kier alpha value is -1.49. The Labute approximate surface area is 111 Å². The van der Waals surface area contributed by atoms with Gasteiger partial charge in [0, 0.05) is 26.2 Å². The van der Waals surface area contributed by atoms with Crippen LogP contribution >= 0.6 is 11.6 Å². The number of amides is 1. The normalized spacial score (nSPS) is 15.7. The van der Waals surface area contributed by atoms with Gasteiger partial charge >= 0.3 is 6.09 Å². The molecule has 0 spiro atoms. The van der Waals surface area contributed by atoms with Crippen molar-refractivity contribution < 1.29 is 9.53 Å². The fraction of sp³-hybridized carbons (Fsp3) is 0.500. The van der Waals surface area contributed by atoms with Crippen LogP contribution < -0.4 is 4.90 Å². The van der Waals surface area contributed by atoms with E-state index in [1.54, 1.807) is 11.0 Å². The summed E-state index contributed by atoms with van der Waals surface area (Å²) in [5, 5.41) is 0.486. The lowest BCUT2D eigenvalue weighted by molar-refractivity contribution is 0.105. The highest BCUT2D eigenvalue weighted by molar-refractivity contribution is 6.29. The molecule has 1 aliphatic rings. The average molecular weight is 270 g/mol. The molecule has 0 saturated carbocycles. The molecule has 2 heterocycles. The number of carbonyl (C=O) groups excluding carboxylic acids is 1. The molecule has 0 aromatic carbocycles. The van der Waals surface area contributed by atoms with E-state index in [9.17, 15) is 4.79 Å². The zero-order chi connectivity index (χ0) is 13.0. The molecule has 0 unspecified atom stereocenters. The fourth-order valence-electron chi connectivity index (χ4n) is 1.91. The Morgan fingerprint density at radius 2 is 2.11 bits per heavy atom. The summed E-state index contributed by atoms with van der Waals surface area (Å²) >= 11 is 5.86. The first-order valence-corrected chi connectivity index (χ1v) is 6.37. The van der Waals surface area contributed by atoms with Gasteiger partial charge in [-0.05, 0) is 19.1 Å². The van der Waals surface area contributed by atoms with Crippen LogP contribution in [0.2, 0.25) is 5.15 Å². The molecule has 1 amide bonds. The maximum absolute atomic E-state index is 11.5. The van der Waals surface area contributed by atoms with Gasteiger partial charge in [0.1, 0.15) is 11.0 Å². The highest BCUT2D eigenvalue weighted by Gasteiger charge is 2.22. The lowest BCUT2D eigenvalue weighted by Crippen LogP contribution is -2.49. The first-order valence-electron chi connectivity index (χ1n) is 6.00. The van der Waals surface area contributed by atoms with Crippen molar-refractivity contribution in [2.24, 2.45) is 0 Å². The van der Waals surface area contributed by atoms with E-state index in [2.05, 4.69) is 9.88 Å². The molecular formula is C12H16ClN3O2. The highest BCUT2D eigenvalue weighted by Crippen LogP contribution is 2.16. The molecule has 1 fully saturated rings. The maximum atomic E-state index is 11.5. The summed E-state index contributed by atoms with van der Waals surface area (Å²) in [5.74, 6) is 0.853. The number of pyridine rings is 1. The predicted molar refractivity (Wildman–Crippen MR) is 70.1 cm³/mol. The zero-order valence-electron chi connectivity index (χ0n) is 10.3. The minimum atomic E-state index is -0.240. The molecule has 1 aromatic heterocycles. The summed E-state index contributed by atoms with van der Waals surface area (Å²) < 4.78 is 4.97. The number of aromatic nitrogens is 1. The standard InChI is InChI=1S/C12H16ClN3O2/c1-2-18-12(17)16-8-6-15(7-9-16)11-5-3-4-10(13)14-11/h3-5H,2,6-9H2,1H3. The van der Waals surface area contributed by atoms with Crippen LogP contribution in [0.4, 0.5) is 10.6 Å². The molecule has 98 valence electrons. The summed E-state index contributed by atoms with van der Waals surface area (Å²) in [5.41, 5.74) is 0. The van der Waals surface area contributed by atoms with Crippen LogP contribution in [0.3, 0.4) is 0 Å². The van der Waals surface area contributed by atoms with Crippen LogP contribution in [0.15, 0.2) is 18.2 Å². The third-order valence-electron chi connectivity index (χ3n) is 2.83. The van der Waals surface area contributed by atoms with Crippen LogP contribution in [-0.4, -0.2) is 48.8 Å². The number of rotatable bonds is 2. The van der Waals surface area contributed by atoms with E-state index in [1.807, 2.05) is 19.1 Å². The number of halogens is 1. The molecule has 0 radical (unpaired) electrons. The first kappa shape index (κ1) is 13.0. The molecule has 5 nitrogen and oxygen atoms in total. The van der Waals surface area contributed by atoms with Crippen LogP contribution in [0, 0.1) is 0 Å². The molecule has 0 bridgehead atoms. The number of nitrogens with zero attached hydrogens (tertiary/aromatic N) is 3.